The average Bonchev–Trinajstić information content (AvgIpc) is 3.37. The number of anilines is 1. The Morgan fingerprint density at radius 1 is 1.10 bits per heavy atom. The normalized spacial score (nSPS) is 20.3. The first kappa shape index (κ1) is 19.3. The summed E-state index contributed by atoms with van der Waals surface area (Å²) in [6, 6.07) is 3.02. The van der Waals surface area contributed by atoms with Gasteiger partial charge in [-0.05, 0) is 30.5 Å². The first-order chi connectivity index (χ1) is 13.9. The molecule has 0 spiro atoms. The highest BCUT2D eigenvalue weighted by molar-refractivity contribution is 5.89. The van der Waals surface area contributed by atoms with Crippen molar-refractivity contribution >= 4 is 17.8 Å². The van der Waals surface area contributed by atoms with Crippen LogP contribution in [0.25, 0.3) is 0 Å². The molecule has 154 valence electrons. The van der Waals surface area contributed by atoms with E-state index in [1.807, 2.05) is 4.90 Å². The molecular formula is C19H20F2N4O4. The maximum Gasteiger partial charge on any atom is 0.297 e. The number of carbonyl (C=O) groups excluding carboxylic acids is 2. The minimum atomic E-state index is -0.695. The molecule has 1 aromatic heterocycles. The van der Waals surface area contributed by atoms with Crippen LogP contribution in [0.3, 0.4) is 0 Å². The molecule has 29 heavy (non-hydrogen) atoms. The lowest BCUT2D eigenvalue weighted by Gasteiger charge is -2.33. The zero-order chi connectivity index (χ0) is 20.5. The van der Waals surface area contributed by atoms with Gasteiger partial charge in [0.1, 0.15) is 11.6 Å². The molecule has 10 heteroatoms. The topological polar surface area (TPSA) is 102 Å². The minimum absolute atomic E-state index is 0.0196. The lowest BCUT2D eigenvalue weighted by Crippen LogP contribution is -2.42. The van der Waals surface area contributed by atoms with E-state index in [2.05, 4.69) is 4.98 Å². The molecule has 0 saturated carbocycles. The second kappa shape index (κ2) is 7.78. The highest BCUT2D eigenvalue weighted by Crippen LogP contribution is 2.34. The molecule has 1 aromatic carbocycles. The van der Waals surface area contributed by atoms with E-state index in [-0.39, 0.29) is 23.6 Å². The number of primary amides is 1. The third-order valence-electron chi connectivity index (χ3n) is 5.24. The molecule has 2 fully saturated rings. The summed E-state index contributed by atoms with van der Waals surface area (Å²) < 4.78 is 32.5. The summed E-state index contributed by atoms with van der Waals surface area (Å²) in [5.41, 5.74) is 5.54. The van der Waals surface area contributed by atoms with Gasteiger partial charge in [-0.3, -0.25) is 14.4 Å². The van der Waals surface area contributed by atoms with E-state index in [9.17, 15) is 18.4 Å². The van der Waals surface area contributed by atoms with E-state index in [1.54, 1.807) is 0 Å². The Balaban J connectivity index is 1.41. The second-order valence-electron chi connectivity index (χ2n) is 7.14. The van der Waals surface area contributed by atoms with Crippen LogP contribution in [0.1, 0.15) is 41.4 Å². The van der Waals surface area contributed by atoms with Crippen LogP contribution < -0.4 is 10.6 Å². The summed E-state index contributed by atoms with van der Waals surface area (Å²) in [5.74, 6) is -2.59. The van der Waals surface area contributed by atoms with Gasteiger partial charge < -0.3 is 15.1 Å². The molecule has 1 atom stereocenters. The number of carbonyl (C=O) groups is 2. The van der Waals surface area contributed by atoms with Crippen LogP contribution in [0.15, 0.2) is 28.8 Å². The molecule has 2 aromatic rings. The fourth-order valence-corrected chi connectivity index (χ4v) is 3.78. The monoisotopic (exact) mass is 406 g/mol. The molecule has 0 radical (unpaired) electrons. The molecule has 2 amide bonds. The van der Waals surface area contributed by atoms with Crippen molar-refractivity contribution in [3.05, 3.63) is 47.4 Å². The summed E-state index contributed by atoms with van der Waals surface area (Å²) in [6.07, 6.45) is 2.80. The Labute approximate surface area is 165 Å². The molecule has 2 saturated heterocycles. The zero-order valence-electron chi connectivity index (χ0n) is 15.5. The number of piperidine rings is 1. The number of benzene rings is 1. The van der Waals surface area contributed by atoms with E-state index in [1.165, 1.54) is 23.4 Å². The van der Waals surface area contributed by atoms with Crippen molar-refractivity contribution in [2.75, 3.05) is 24.6 Å². The summed E-state index contributed by atoms with van der Waals surface area (Å²) in [7, 11) is 0. The predicted octanol–water partition coefficient (Wildman–Crippen LogP) is 2.17. The molecule has 4 rings (SSSR count). The lowest BCUT2D eigenvalue weighted by atomic mass is 9.94. The van der Waals surface area contributed by atoms with Crippen LogP contribution in [0.5, 0.6) is 0 Å². The van der Waals surface area contributed by atoms with Gasteiger partial charge in [-0.1, -0.05) is 0 Å². The van der Waals surface area contributed by atoms with Crippen molar-refractivity contribution in [3.63, 3.8) is 0 Å². The van der Waals surface area contributed by atoms with Gasteiger partial charge in [0.2, 0.25) is 11.7 Å². The molecule has 0 bridgehead atoms. The van der Waals surface area contributed by atoms with Gasteiger partial charge in [-0.25, -0.2) is 18.8 Å². The number of oxazole rings is 1. The number of hydrogen-bond donors (Lipinski definition) is 1. The van der Waals surface area contributed by atoms with E-state index >= 15 is 0 Å². The van der Waals surface area contributed by atoms with E-state index in [0.29, 0.717) is 44.5 Å². The molecular weight excluding hydrogens is 386 g/mol. The first-order valence-corrected chi connectivity index (χ1v) is 9.35. The fraction of sp³-hybridized carbons (Fsp3) is 0.421. The van der Waals surface area contributed by atoms with Gasteiger partial charge >= 0.3 is 0 Å². The Hall–Kier alpha value is -3.01. The molecule has 2 aliphatic heterocycles. The van der Waals surface area contributed by atoms with Crippen LogP contribution in [0, 0.1) is 17.6 Å². The number of rotatable bonds is 4. The molecule has 3 heterocycles. The third-order valence-corrected chi connectivity index (χ3v) is 5.24. The number of halogens is 2. The maximum atomic E-state index is 13.6. The van der Waals surface area contributed by atoms with E-state index in [0.717, 1.165) is 6.07 Å². The molecule has 2 N–H and O–H groups in total. The van der Waals surface area contributed by atoms with Crippen molar-refractivity contribution in [2.45, 2.75) is 25.3 Å². The van der Waals surface area contributed by atoms with E-state index in [4.69, 9.17) is 15.0 Å². The third kappa shape index (κ3) is 3.93. The Morgan fingerprint density at radius 3 is 2.41 bits per heavy atom. The summed E-state index contributed by atoms with van der Waals surface area (Å²) in [6.45, 7) is 1.31. The fourth-order valence-electron chi connectivity index (χ4n) is 3.78. The average molecular weight is 406 g/mol. The van der Waals surface area contributed by atoms with Crippen LogP contribution in [0.4, 0.5) is 14.8 Å². The summed E-state index contributed by atoms with van der Waals surface area (Å²) >= 11 is 0. The highest BCUT2D eigenvalue weighted by Gasteiger charge is 2.37. The Kier molecular flexibility index (Phi) is 5.18. The van der Waals surface area contributed by atoms with Crippen molar-refractivity contribution in [1.29, 1.82) is 0 Å². The highest BCUT2D eigenvalue weighted by atomic mass is 19.1. The van der Waals surface area contributed by atoms with Gasteiger partial charge in [0, 0.05) is 31.5 Å². The lowest BCUT2D eigenvalue weighted by molar-refractivity contribution is -0.182. The van der Waals surface area contributed by atoms with E-state index < -0.39 is 23.6 Å². The first-order valence-electron chi connectivity index (χ1n) is 9.35. The number of aromatic nitrogens is 1. The van der Waals surface area contributed by atoms with Crippen LogP contribution in [0.2, 0.25) is 0 Å². The number of amides is 2. The SMILES string of the molecule is NC(=O)c1cnc(N2CCC(C(=O)N3OCC[C@H]3c3cc(F)cc(F)c3)CC2)o1. The van der Waals surface area contributed by atoms with Crippen molar-refractivity contribution in [3.8, 4) is 0 Å². The number of hydrogen-bond acceptors (Lipinski definition) is 6. The minimum Gasteiger partial charge on any atom is -0.418 e. The standard InChI is InChI=1S/C19H20F2N4O4/c20-13-7-12(8-14(21)9-13)15-3-6-28-25(15)18(27)11-1-4-24(5-2-11)19-23-10-16(29-19)17(22)26/h7-11,15H,1-6H2,(H2,22,26)/t15-/m0/s1. The predicted molar refractivity (Wildman–Crippen MR) is 96.5 cm³/mol. The second-order valence-corrected chi connectivity index (χ2v) is 7.14. The smallest absolute Gasteiger partial charge is 0.297 e. The molecule has 0 aliphatic carbocycles. The van der Waals surface area contributed by atoms with Crippen LogP contribution >= 0.6 is 0 Å². The number of nitrogens with zero attached hydrogens (tertiary/aromatic N) is 3. The van der Waals surface area contributed by atoms with Gasteiger partial charge in [0.15, 0.2) is 0 Å². The van der Waals surface area contributed by atoms with Gasteiger partial charge in [0.25, 0.3) is 11.9 Å². The molecule has 2 aliphatic rings. The summed E-state index contributed by atoms with van der Waals surface area (Å²) in [4.78, 5) is 35.5. The van der Waals surface area contributed by atoms with Gasteiger partial charge in [0.05, 0.1) is 18.8 Å². The Morgan fingerprint density at radius 2 is 1.79 bits per heavy atom. The van der Waals surface area contributed by atoms with Crippen LogP contribution in [-0.2, 0) is 9.63 Å². The van der Waals surface area contributed by atoms with Crippen LogP contribution in [-0.4, -0.2) is 41.6 Å². The number of nitrogens with two attached hydrogens (primary N) is 1. The zero-order valence-corrected chi connectivity index (χ0v) is 15.5. The maximum absolute atomic E-state index is 13.6. The Bertz CT molecular complexity index is 906. The quantitative estimate of drug-likeness (QED) is 0.835. The van der Waals surface area contributed by atoms with Crippen molar-refractivity contribution in [1.82, 2.24) is 10.0 Å². The van der Waals surface area contributed by atoms with Crippen molar-refractivity contribution < 1.29 is 27.6 Å². The molecule has 8 nitrogen and oxygen atoms in total. The van der Waals surface area contributed by atoms with Gasteiger partial charge in [-0.15, -0.1) is 0 Å². The molecule has 0 unspecified atom stereocenters. The number of hydroxylamine groups is 2. The van der Waals surface area contributed by atoms with Crippen molar-refractivity contribution in [2.24, 2.45) is 11.7 Å². The van der Waals surface area contributed by atoms with Gasteiger partial charge in [-0.2, -0.15) is 0 Å². The largest absolute Gasteiger partial charge is 0.418 e. The summed E-state index contributed by atoms with van der Waals surface area (Å²) in [5, 5.41) is 1.25.